The number of imide groups is 2. The largest absolute Gasteiger partial charge is 0.497 e. The molecule has 6 rings (SSSR count). The van der Waals surface area contributed by atoms with Crippen LogP contribution in [-0.4, -0.2) is 120 Å². The fourth-order valence-electron chi connectivity index (χ4n) is 6.87. The number of ether oxygens (including phenoxy) is 4. The maximum Gasteiger partial charge on any atom is 0.336 e. The molecule has 0 aromatic heterocycles. The first kappa shape index (κ1) is 45.2. The second-order valence-corrected chi connectivity index (χ2v) is 14.2. The molecule has 2 saturated heterocycles. The van der Waals surface area contributed by atoms with Crippen LogP contribution in [0.1, 0.15) is 38.8 Å². The van der Waals surface area contributed by atoms with Gasteiger partial charge in [0.2, 0.25) is 0 Å². The number of rotatable bonds is 14. The normalized spacial score (nSPS) is 17.9. The Morgan fingerprint density at radius 3 is 1.62 bits per heavy atom. The summed E-state index contributed by atoms with van der Waals surface area (Å²) in [6, 6.07) is 30.7. The molecule has 2 atom stereocenters. The van der Waals surface area contributed by atoms with E-state index in [0.717, 1.165) is 26.7 Å². The van der Waals surface area contributed by atoms with E-state index in [-0.39, 0.29) is 26.3 Å². The van der Waals surface area contributed by atoms with Crippen LogP contribution in [0.25, 0.3) is 0 Å². The van der Waals surface area contributed by atoms with Gasteiger partial charge in [0.05, 0.1) is 14.2 Å². The zero-order valence-corrected chi connectivity index (χ0v) is 34.6. The van der Waals surface area contributed by atoms with Crippen molar-refractivity contribution >= 4 is 35.6 Å². The molecule has 2 heterocycles. The van der Waals surface area contributed by atoms with Crippen molar-refractivity contribution in [3.63, 3.8) is 0 Å². The predicted octanol–water partition coefficient (Wildman–Crippen LogP) is 4.95. The average Bonchev–Trinajstić information content (AvgIpc) is 3.30. The Balaban J connectivity index is 0.000000231. The van der Waals surface area contributed by atoms with Crippen LogP contribution in [0.4, 0.5) is 0 Å². The van der Waals surface area contributed by atoms with Gasteiger partial charge in [-0.15, -0.1) is 0 Å². The van der Waals surface area contributed by atoms with E-state index in [1.54, 1.807) is 84.7 Å². The van der Waals surface area contributed by atoms with Gasteiger partial charge in [-0.05, 0) is 66.6 Å². The molecule has 2 aliphatic heterocycles. The Labute approximate surface area is 355 Å². The van der Waals surface area contributed by atoms with E-state index in [2.05, 4.69) is 13.2 Å². The van der Waals surface area contributed by atoms with E-state index < -0.39 is 47.1 Å². The summed E-state index contributed by atoms with van der Waals surface area (Å²) in [5.74, 6) is -2.02. The molecule has 0 N–H and O–H groups in total. The van der Waals surface area contributed by atoms with Gasteiger partial charge >= 0.3 is 11.9 Å². The molecule has 61 heavy (non-hydrogen) atoms. The summed E-state index contributed by atoms with van der Waals surface area (Å²) in [5, 5.41) is 0. The van der Waals surface area contributed by atoms with Crippen molar-refractivity contribution in [2.75, 3.05) is 53.6 Å². The SMILES string of the molecule is C=CCOC(=O)C1(C)C(=O)N(C(=O)c2ccccc2)CCN1Cc1ccc(OC)cc1.C=CCOC(=O)C1C(=O)N(C(=O)c2ccccc2)CCN1Cc1ccc(OC)cc1. The lowest BCUT2D eigenvalue weighted by atomic mass is 9.93. The number of nitrogens with zero attached hydrogens (tertiary/aromatic N) is 4. The first-order valence-electron chi connectivity index (χ1n) is 19.6. The molecule has 318 valence electrons. The number of hydrogen-bond donors (Lipinski definition) is 0. The second-order valence-electron chi connectivity index (χ2n) is 14.2. The molecule has 14 heteroatoms. The molecular formula is C47H50N4O10. The van der Waals surface area contributed by atoms with E-state index in [1.165, 1.54) is 19.1 Å². The third-order valence-corrected chi connectivity index (χ3v) is 10.3. The highest BCUT2D eigenvalue weighted by Gasteiger charge is 2.54. The topological polar surface area (TPSA) is 152 Å². The lowest BCUT2D eigenvalue weighted by molar-refractivity contribution is -0.170. The standard InChI is InChI=1S/C24H26N2O5.C23H24N2O5/c1-4-16-31-23(29)24(2)22(28)26(21(27)19-8-6-5-7-9-19)15-14-25(24)17-18-10-12-20(30-3)13-11-18;1-3-15-30-23(28)20-22(27)25(21(26)18-7-5-4-6-8-18)14-13-24(20)16-17-9-11-19(29-2)12-10-17/h4-13H,1,14-17H2,2-3H3;3-12,20H,1,13-16H2,2H3. The van der Waals surface area contributed by atoms with E-state index >= 15 is 0 Å². The number of piperazine rings is 2. The summed E-state index contributed by atoms with van der Waals surface area (Å²) in [5.41, 5.74) is 0.951. The average molecular weight is 831 g/mol. The first-order valence-corrected chi connectivity index (χ1v) is 19.6. The molecular weight excluding hydrogens is 781 g/mol. The molecule has 0 saturated carbocycles. The minimum atomic E-state index is -1.65. The fourth-order valence-corrected chi connectivity index (χ4v) is 6.87. The zero-order valence-electron chi connectivity index (χ0n) is 34.6. The lowest BCUT2D eigenvalue weighted by Crippen LogP contribution is -2.69. The Morgan fingerprint density at radius 1 is 0.639 bits per heavy atom. The van der Waals surface area contributed by atoms with Gasteiger partial charge < -0.3 is 18.9 Å². The molecule has 14 nitrogen and oxygen atoms in total. The van der Waals surface area contributed by atoms with Crippen molar-refractivity contribution in [1.29, 1.82) is 0 Å². The van der Waals surface area contributed by atoms with Crippen LogP contribution < -0.4 is 9.47 Å². The molecule has 0 radical (unpaired) electrons. The maximum absolute atomic E-state index is 13.5. The van der Waals surface area contributed by atoms with Crippen molar-refractivity contribution in [3.05, 3.63) is 157 Å². The number of hydrogen-bond acceptors (Lipinski definition) is 12. The Morgan fingerprint density at radius 2 is 1.11 bits per heavy atom. The van der Waals surface area contributed by atoms with Crippen LogP contribution in [0.3, 0.4) is 0 Å². The van der Waals surface area contributed by atoms with Crippen molar-refractivity contribution < 1.29 is 47.7 Å². The summed E-state index contributed by atoms with van der Waals surface area (Å²) in [7, 11) is 3.17. The van der Waals surface area contributed by atoms with E-state index in [9.17, 15) is 28.8 Å². The van der Waals surface area contributed by atoms with Crippen molar-refractivity contribution in [3.8, 4) is 11.5 Å². The maximum atomic E-state index is 13.5. The molecule has 0 spiro atoms. The third-order valence-electron chi connectivity index (χ3n) is 10.3. The van der Waals surface area contributed by atoms with Crippen LogP contribution in [0.5, 0.6) is 11.5 Å². The minimum absolute atomic E-state index is 0.00831. The van der Waals surface area contributed by atoms with Crippen molar-refractivity contribution in [2.24, 2.45) is 0 Å². The fraction of sp³-hybridized carbons (Fsp3) is 0.277. The van der Waals surface area contributed by atoms with Gasteiger partial charge in [-0.25, -0.2) is 9.59 Å². The van der Waals surface area contributed by atoms with E-state index in [4.69, 9.17) is 18.9 Å². The highest BCUT2D eigenvalue weighted by atomic mass is 16.5. The Hall–Kier alpha value is -6.90. The Bertz CT molecular complexity index is 2180. The van der Waals surface area contributed by atoms with Gasteiger partial charge in [0.25, 0.3) is 23.6 Å². The number of benzene rings is 4. The smallest absolute Gasteiger partial charge is 0.336 e. The molecule has 0 bridgehead atoms. The van der Waals surface area contributed by atoms with Gasteiger partial charge in [-0.3, -0.25) is 38.8 Å². The highest BCUT2D eigenvalue weighted by molar-refractivity contribution is 6.15. The number of amides is 4. The van der Waals surface area contributed by atoms with Crippen molar-refractivity contribution in [2.45, 2.75) is 31.6 Å². The number of carbonyl (C=O) groups is 6. The lowest BCUT2D eigenvalue weighted by Gasteiger charge is -2.45. The second kappa shape index (κ2) is 21.4. The molecule has 4 amide bonds. The van der Waals surface area contributed by atoms with Gasteiger partial charge in [0, 0.05) is 50.4 Å². The summed E-state index contributed by atoms with van der Waals surface area (Å²) >= 11 is 0. The molecule has 2 aliphatic rings. The van der Waals surface area contributed by atoms with Crippen LogP contribution in [0.15, 0.2) is 135 Å². The summed E-state index contributed by atoms with van der Waals surface area (Å²) < 4.78 is 20.8. The van der Waals surface area contributed by atoms with Crippen LogP contribution in [0.2, 0.25) is 0 Å². The van der Waals surface area contributed by atoms with E-state index in [0.29, 0.717) is 43.1 Å². The highest BCUT2D eigenvalue weighted by Crippen LogP contribution is 2.29. The van der Waals surface area contributed by atoms with Gasteiger partial charge in [-0.2, -0.15) is 0 Å². The van der Waals surface area contributed by atoms with Gasteiger partial charge in [0.1, 0.15) is 24.7 Å². The Kier molecular flexibility index (Phi) is 15.8. The predicted molar refractivity (Wildman–Crippen MR) is 226 cm³/mol. The van der Waals surface area contributed by atoms with Gasteiger partial charge in [-0.1, -0.05) is 86.0 Å². The summed E-state index contributed by atoms with van der Waals surface area (Å²) in [6.07, 6.45) is 2.88. The summed E-state index contributed by atoms with van der Waals surface area (Å²) in [4.78, 5) is 83.9. The molecule has 2 fully saturated rings. The number of esters is 2. The van der Waals surface area contributed by atoms with Crippen molar-refractivity contribution in [1.82, 2.24) is 19.6 Å². The monoisotopic (exact) mass is 830 g/mol. The molecule has 0 aliphatic carbocycles. The third kappa shape index (κ3) is 10.8. The van der Waals surface area contributed by atoms with Crippen LogP contribution in [-0.2, 0) is 41.7 Å². The van der Waals surface area contributed by atoms with Gasteiger partial charge in [0.15, 0.2) is 11.6 Å². The summed E-state index contributed by atoms with van der Waals surface area (Å²) in [6.45, 7) is 10.3. The van der Waals surface area contributed by atoms with E-state index in [1.807, 2.05) is 48.5 Å². The van der Waals surface area contributed by atoms with Crippen LogP contribution >= 0.6 is 0 Å². The quantitative estimate of drug-likeness (QED) is 0.0733. The molecule has 2 unspecified atom stereocenters. The zero-order chi connectivity index (χ0) is 43.9. The number of methoxy groups -OCH3 is 2. The first-order chi connectivity index (χ1) is 29.5. The minimum Gasteiger partial charge on any atom is -0.497 e. The molecule has 4 aromatic rings. The number of carbonyl (C=O) groups excluding carboxylic acids is 6. The van der Waals surface area contributed by atoms with Crippen LogP contribution in [0, 0.1) is 0 Å². The molecule has 4 aromatic carbocycles.